The van der Waals surface area contributed by atoms with Crippen molar-refractivity contribution in [1.82, 2.24) is 49.6 Å². The van der Waals surface area contributed by atoms with Crippen molar-refractivity contribution < 1.29 is 9.59 Å². The Hall–Kier alpha value is -6.79. The lowest BCUT2D eigenvalue weighted by molar-refractivity contribution is -0.120. The molecule has 23 heteroatoms. The summed E-state index contributed by atoms with van der Waals surface area (Å²) in [5.41, 5.74) is 8.90. The molecule has 7 aromatic rings. The molecule has 19 nitrogen and oxygen atoms in total. The van der Waals surface area contributed by atoms with E-state index in [1.54, 1.807) is 58.9 Å². The number of carbonyl (C=O) groups excluding carboxylic acids is 2. The number of likely N-dealkylation sites (tertiary alicyclic amines) is 1. The Morgan fingerprint density at radius 1 is 0.784 bits per heavy atom. The van der Waals surface area contributed by atoms with Crippen molar-refractivity contribution in [2.24, 2.45) is 5.92 Å². The molecule has 2 saturated heterocycles. The number of amidine groups is 1. The van der Waals surface area contributed by atoms with Gasteiger partial charge < -0.3 is 30.5 Å². The van der Waals surface area contributed by atoms with Gasteiger partial charge in [-0.25, -0.2) is 9.03 Å². The van der Waals surface area contributed by atoms with Crippen molar-refractivity contribution in [3.05, 3.63) is 88.9 Å². The third-order valence-electron chi connectivity index (χ3n) is 11.9. The van der Waals surface area contributed by atoms with E-state index in [9.17, 15) is 9.59 Å². The number of hydrogen-bond donors (Lipinski definition) is 5. The minimum absolute atomic E-state index is 0.0172. The summed E-state index contributed by atoms with van der Waals surface area (Å²) in [6, 6.07) is 20.4. The fraction of sp³-hybridized carbons (Fsp3) is 0.373. The summed E-state index contributed by atoms with van der Waals surface area (Å²) in [7, 11) is 0. The van der Waals surface area contributed by atoms with E-state index in [0.717, 1.165) is 129 Å². The molecule has 0 bridgehead atoms. The van der Waals surface area contributed by atoms with Gasteiger partial charge in [-0.05, 0) is 158 Å². The fourth-order valence-electron chi connectivity index (χ4n) is 8.56. The molecule has 9 heterocycles. The van der Waals surface area contributed by atoms with E-state index in [0.29, 0.717) is 34.7 Å². The summed E-state index contributed by atoms with van der Waals surface area (Å²) in [6.45, 7) is 14.9. The number of amides is 1. The van der Waals surface area contributed by atoms with Gasteiger partial charge in [0.2, 0.25) is 11.0 Å². The van der Waals surface area contributed by atoms with Crippen LogP contribution in [-0.2, 0) is 9.59 Å². The lowest BCUT2D eigenvalue weighted by Crippen LogP contribution is -2.44. The molecule has 0 radical (unpaired) electrons. The first-order chi connectivity index (χ1) is 35.5. The molecule has 0 aliphatic carbocycles. The predicted octanol–water partition coefficient (Wildman–Crippen LogP) is 10.2. The lowest BCUT2D eigenvalue weighted by Gasteiger charge is -2.32. The molecule has 7 aromatic heterocycles. The molecule has 0 aromatic carbocycles. The number of halogens is 2. The van der Waals surface area contributed by atoms with E-state index >= 15 is 0 Å². The van der Waals surface area contributed by atoms with Crippen LogP contribution in [0.5, 0.6) is 0 Å². The van der Waals surface area contributed by atoms with Crippen molar-refractivity contribution in [1.29, 1.82) is 21.3 Å². The molecule has 9 rings (SSSR count). The number of aromatic nitrogens is 8. The number of rotatable bonds is 11. The van der Waals surface area contributed by atoms with Crippen LogP contribution >= 0.6 is 55.0 Å². The first-order valence-electron chi connectivity index (χ1n) is 24.0. The topological polar surface area (TPSA) is 258 Å². The maximum Gasteiger partial charge on any atom is 0.217 e. The van der Waals surface area contributed by atoms with E-state index in [1.165, 1.54) is 0 Å². The number of thioether (sulfide) groups is 1. The number of ketones is 1. The Morgan fingerprint density at radius 3 is 1.86 bits per heavy atom. The molecule has 384 valence electrons. The largest absolute Gasteiger partial charge is 0.382 e. The summed E-state index contributed by atoms with van der Waals surface area (Å²) in [5, 5.41) is 62.8. The van der Waals surface area contributed by atoms with Gasteiger partial charge in [-0.1, -0.05) is 11.3 Å². The van der Waals surface area contributed by atoms with Crippen molar-refractivity contribution in [2.75, 3.05) is 41.7 Å². The van der Waals surface area contributed by atoms with Crippen LogP contribution in [0.4, 0.5) is 16.5 Å². The molecule has 74 heavy (non-hydrogen) atoms. The Balaban J connectivity index is 0.000000179. The zero-order chi connectivity index (χ0) is 53.1. The second kappa shape index (κ2) is 25.4. The van der Waals surface area contributed by atoms with E-state index in [-0.39, 0.29) is 27.7 Å². The molecule has 0 unspecified atom stereocenters. The maximum absolute atomic E-state index is 11.3. The van der Waals surface area contributed by atoms with Crippen LogP contribution in [0.3, 0.4) is 0 Å². The predicted molar refractivity (Wildman–Crippen MR) is 301 cm³/mol. The quantitative estimate of drug-likeness (QED) is 0.0596. The standard InChI is InChI=1S/C25H27N9OS.C16H14BrN5.C10H16BrN3OS/c1-15(2)29-21-11-22(23-5-4-19-10-17(12-26)13-28-34(19)23)27-14-20(21)24-31-32-25(36-24)33-8-6-18(7-9-33)30-16(3)35;1-10(2)21-14-6-15(19-9-13(14)17)16-4-3-12-5-11(7-18)8-20-22(12)16;1-7(15)6-8-2-4-14(5-3-8)10(13)16-9(11)12/h4-5,10-11,13-15,18H,6-9H2,1-3H3,(H,27,29)(H,30,35);3-6,8-10H,1-2H3,(H,19,21);8,12-13H,2-6H2,1H3. The highest BCUT2D eigenvalue weighted by atomic mass is 79.9. The molecular weight excluding hydrogens is 1110 g/mol. The van der Waals surface area contributed by atoms with Gasteiger partial charge in [0.05, 0.1) is 73.1 Å². The number of nitrogens with zero attached hydrogens (tertiary/aromatic N) is 12. The van der Waals surface area contributed by atoms with Gasteiger partial charge in [-0.2, -0.15) is 20.7 Å². The molecule has 0 saturated carbocycles. The second-order valence-corrected chi connectivity index (χ2v) is 22.6. The number of nitriles is 2. The number of anilines is 3. The monoisotopic (exact) mass is 1160 g/mol. The van der Waals surface area contributed by atoms with Gasteiger partial charge in [0.25, 0.3) is 0 Å². The molecule has 2 aliphatic heterocycles. The van der Waals surface area contributed by atoms with Crippen LogP contribution in [0.2, 0.25) is 0 Å². The molecule has 2 aliphatic rings. The summed E-state index contributed by atoms with van der Waals surface area (Å²) in [6.07, 6.45) is 11.1. The summed E-state index contributed by atoms with van der Waals surface area (Å²) < 4.78 is 4.76. The van der Waals surface area contributed by atoms with Gasteiger partial charge in [-0.15, -0.1) is 10.2 Å². The molecule has 1 amide bonds. The molecule has 0 spiro atoms. The second-order valence-electron chi connectivity index (χ2n) is 18.5. The average Bonchev–Trinajstić information content (AvgIpc) is 4.14. The number of fused-ring (bicyclic) bond motifs is 2. The highest BCUT2D eigenvalue weighted by Gasteiger charge is 2.25. The fourth-order valence-corrected chi connectivity index (χ4v) is 10.7. The number of nitrogens with one attached hydrogen (secondary N) is 5. The van der Waals surface area contributed by atoms with Crippen molar-refractivity contribution >= 4 is 103 Å². The first kappa shape index (κ1) is 55.0. The number of carbonyl (C=O) groups is 2. The SMILES string of the molecule is CC(=O)CC1CCN(C(=N)SC(=N)Br)CC1.CC(=O)NC1CCN(c2nnc(-c3cnc(-c4ccc5cc(C#N)cnn45)cc3NC(C)C)s2)CC1.CC(C)Nc1cc(-c2ccc3cc(C#N)cnn23)ncc1Br. The van der Waals surface area contributed by atoms with E-state index in [2.05, 4.69) is 118 Å². The molecule has 0 atom stereocenters. The third-order valence-corrected chi connectivity index (χ3v) is 14.7. The van der Waals surface area contributed by atoms with Crippen LogP contribution in [0.1, 0.15) is 84.8 Å². The summed E-state index contributed by atoms with van der Waals surface area (Å²) in [4.78, 5) is 35.7. The van der Waals surface area contributed by atoms with Crippen molar-refractivity contribution in [3.63, 3.8) is 0 Å². The smallest absolute Gasteiger partial charge is 0.217 e. The number of Topliss-reactive ketones (excluding diaryl/α,β-unsaturated/α-hetero) is 1. The zero-order valence-corrected chi connectivity index (χ0v) is 46.7. The number of piperidine rings is 2. The van der Waals surface area contributed by atoms with Gasteiger partial charge in [-0.3, -0.25) is 25.6 Å². The van der Waals surface area contributed by atoms with Crippen LogP contribution in [-0.4, -0.2) is 109 Å². The van der Waals surface area contributed by atoms with Crippen LogP contribution in [0.25, 0.3) is 44.4 Å². The Morgan fingerprint density at radius 2 is 1.34 bits per heavy atom. The Labute approximate surface area is 454 Å². The summed E-state index contributed by atoms with van der Waals surface area (Å²) in [5.74, 6) is 0.753. The Bertz CT molecular complexity index is 3230. The van der Waals surface area contributed by atoms with Crippen molar-refractivity contribution in [3.8, 4) is 45.5 Å². The van der Waals surface area contributed by atoms with Gasteiger partial charge in [0.1, 0.15) is 21.9 Å². The molecule has 5 N–H and O–H groups in total. The third kappa shape index (κ3) is 14.5. The highest BCUT2D eigenvalue weighted by Crippen LogP contribution is 2.37. The highest BCUT2D eigenvalue weighted by molar-refractivity contribution is 9.22. The normalized spacial score (nSPS) is 13.9. The van der Waals surface area contributed by atoms with E-state index < -0.39 is 0 Å². The minimum atomic E-state index is 0.0172. The van der Waals surface area contributed by atoms with Gasteiger partial charge >= 0.3 is 0 Å². The first-order valence-corrected chi connectivity index (χ1v) is 27.3. The molecular formula is C51H57Br2N17O2S2. The van der Waals surface area contributed by atoms with Crippen LogP contribution < -0.4 is 20.9 Å². The van der Waals surface area contributed by atoms with Crippen LogP contribution in [0.15, 0.2) is 77.8 Å². The van der Waals surface area contributed by atoms with Crippen molar-refractivity contribution in [2.45, 2.75) is 91.8 Å². The van der Waals surface area contributed by atoms with E-state index in [1.807, 2.05) is 53.6 Å². The maximum atomic E-state index is 11.3. The van der Waals surface area contributed by atoms with Gasteiger partial charge in [0, 0.05) is 75.7 Å². The minimum Gasteiger partial charge on any atom is -0.382 e. The summed E-state index contributed by atoms with van der Waals surface area (Å²) >= 11 is 9.19. The lowest BCUT2D eigenvalue weighted by atomic mass is 9.92. The number of pyridine rings is 2. The zero-order valence-electron chi connectivity index (χ0n) is 41.9. The number of hydrogen-bond acceptors (Lipinski definition) is 17. The Kier molecular flexibility index (Phi) is 18.9. The van der Waals surface area contributed by atoms with Crippen LogP contribution in [0, 0.1) is 39.4 Å². The van der Waals surface area contributed by atoms with E-state index in [4.69, 9.17) is 26.3 Å². The van der Waals surface area contributed by atoms with Gasteiger partial charge in [0.15, 0.2) is 10.2 Å². The molecule has 2 fully saturated rings. The average molecular weight is 1160 g/mol.